The molecule has 2 aromatic rings. The molecule has 2 fully saturated rings. The van der Waals surface area contributed by atoms with Crippen molar-refractivity contribution in [1.82, 2.24) is 5.32 Å². The highest BCUT2D eigenvalue weighted by Crippen LogP contribution is 2.58. The summed E-state index contributed by atoms with van der Waals surface area (Å²) in [7, 11) is 0. The molecule has 6 N–H and O–H groups in total. The lowest BCUT2D eigenvalue weighted by molar-refractivity contribution is -0.293. The lowest BCUT2D eigenvalue weighted by Gasteiger charge is -2.49. The fourth-order valence-electron chi connectivity index (χ4n) is 7.02. The van der Waals surface area contributed by atoms with Gasteiger partial charge in [0, 0.05) is 41.9 Å². The molecule has 176 valence electrons. The lowest BCUT2D eigenvalue weighted by Crippen LogP contribution is -2.65. The number of aliphatic hydroxyl groups excluding tert-OH is 1. The second-order valence-corrected chi connectivity index (χ2v) is 10.3. The lowest BCUT2D eigenvalue weighted by atomic mass is 9.69. The highest BCUT2D eigenvalue weighted by molar-refractivity contribution is 5.99. The Morgan fingerprint density at radius 3 is 2.76 bits per heavy atom. The van der Waals surface area contributed by atoms with Crippen LogP contribution < -0.4 is 21.3 Å². The zero-order valence-electron chi connectivity index (χ0n) is 18.8. The number of nitrogens with one attached hydrogen (secondary N) is 2. The molecule has 0 radical (unpaired) electrons. The van der Waals surface area contributed by atoms with E-state index in [1.165, 1.54) is 12.5 Å². The molecule has 0 spiro atoms. The third kappa shape index (κ3) is 2.54. The molecule has 0 aromatic heterocycles. The number of ether oxygens (including phenoxy) is 1. The summed E-state index contributed by atoms with van der Waals surface area (Å²) < 4.78 is 6.12. The van der Waals surface area contributed by atoms with Gasteiger partial charge in [0.25, 0.3) is 0 Å². The van der Waals surface area contributed by atoms with Crippen LogP contribution in [0.3, 0.4) is 0 Å². The summed E-state index contributed by atoms with van der Waals surface area (Å²) in [6.07, 6.45) is -1.38. The van der Waals surface area contributed by atoms with Gasteiger partial charge in [-0.15, -0.1) is 0 Å². The molecule has 8 atom stereocenters. The monoisotopic (exact) mass is 460 g/mol. The van der Waals surface area contributed by atoms with Gasteiger partial charge in [0.2, 0.25) is 5.91 Å². The Bertz CT molecular complexity index is 1240. The van der Waals surface area contributed by atoms with Crippen molar-refractivity contribution < 1.29 is 19.7 Å². The van der Waals surface area contributed by atoms with Gasteiger partial charge >= 0.3 is 0 Å². The van der Waals surface area contributed by atoms with Gasteiger partial charge in [0.1, 0.15) is 12.3 Å². The Morgan fingerprint density at radius 1 is 1.18 bits per heavy atom. The molecule has 2 aromatic carbocycles. The van der Waals surface area contributed by atoms with E-state index in [9.17, 15) is 15.0 Å². The van der Waals surface area contributed by atoms with E-state index in [-0.39, 0.29) is 29.8 Å². The average molecular weight is 461 g/mol. The van der Waals surface area contributed by atoms with Crippen molar-refractivity contribution >= 4 is 22.9 Å². The van der Waals surface area contributed by atoms with Crippen molar-refractivity contribution in [2.75, 3.05) is 16.8 Å². The molecule has 0 saturated carbocycles. The second kappa shape index (κ2) is 6.82. The zero-order valence-corrected chi connectivity index (χ0v) is 18.8. The number of anilines is 2. The number of rotatable bonds is 1. The van der Waals surface area contributed by atoms with Crippen LogP contribution in [0.4, 0.5) is 11.4 Å². The topological polar surface area (TPSA) is 120 Å². The Labute approximate surface area is 197 Å². The number of nitrogens with two attached hydrogens (primary N) is 1. The number of carbonyl (C=O) groups excluding carboxylic acids is 1. The highest BCUT2D eigenvalue weighted by atomic mass is 16.7. The highest BCUT2D eigenvalue weighted by Gasteiger charge is 2.60. The third-order valence-corrected chi connectivity index (χ3v) is 8.37. The van der Waals surface area contributed by atoms with Gasteiger partial charge in [-0.2, -0.15) is 0 Å². The van der Waals surface area contributed by atoms with E-state index in [1.54, 1.807) is 0 Å². The molecule has 4 aliphatic heterocycles. The van der Waals surface area contributed by atoms with Crippen molar-refractivity contribution in [2.24, 2.45) is 11.7 Å². The first kappa shape index (κ1) is 20.5. The number of benzene rings is 2. The summed E-state index contributed by atoms with van der Waals surface area (Å²) in [4.78, 5) is 15.4. The summed E-state index contributed by atoms with van der Waals surface area (Å²) in [6, 6.07) is 15.6. The first-order chi connectivity index (χ1) is 16.4. The van der Waals surface area contributed by atoms with Gasteiger partial charge in [-0.1, -0.05) is 36.4 Å². The molecule has 5 aliphatic rings. The van der Waals surface area contributed by atoms with Gasteiger partial charge < -0.3 is 36.2 Å². The second-order valence-electron chi connectivity index (χ2n) is 10.3. The standard InChI is InChI=1S/C26H28N4O4/c1-26(33)24(31)15(27)10-18(34-26)30-17-9-5-3-7-13(17)20-21-14(11-28-25(21)32)19-12-6-2-4-8-16(12)29-22(19)23(20)30/h2-9,15,18,20-24,29,31,33H,10-11,27H2,1H3,(H,28,32)/t15-,18-,20?,21?,22?,23?,24-,26?/m1/s1. The summed E-state index contributed by atoms with van der Waals surface area (Å²) in [5.41, 5.74) is 12.9. The minimum atomic E-state index is -1.77. The van der Waals surface area contributed by atoms with Crippen molar-refractivity contribution in [1.29, 1.82) is 0 Å². The summed E-state index contributed by atoms with van der Waals surface area (Å²) in [5.74, 6) is -2.05. The first-order valence-corrected chi connectivity index (χ1v) is 11.9. The average Bonchev–Trinajstić information content (AvgIpc) is 3.48. The van der Waals surface area contributed by atoms with Crippen molar-refractivity contribution in [3.8, 4) is 0 Å². The summed E-state index contributed by atoms with van der Waals surface area (Å²) in [5, 5.41) is 28.1. The van der Waals surface area contributed by atoms with E-state index in [0.717, 1.165) is 28.1 Å². The third-order valence-electron chi connectivity index (χ3n) is 8.37. The largest absolute Gasteiger partial charge is 0.386 e. The van der Waals surface area contributed by atoms with Crippen molar-refractivity contribution in [2.45, 2.75) is 55.5 Å². The first-order valence-electron chi connectivity index (χ1n) is 11.9. The van der Waals surface area contributed by atoms with Crippen LogP contribution in [0.5, 0.6) is 0 Å². The van der Waals surface area contributed by atoms with E-state index < -0.39 is 24.2 Å². The Hall–Kier alpha value is -2.91. The molecular weight excluding hydrogens is 432 g/mol. The predicted molar refractivity (Wildman–Crippen MR) is 127 cm³/mol. The van der Waals surface area contributed by atoms with E-state index in [2.05, 4.69) is 39.8 Å². The van der Waals surface area contributed by atoms with Crippen LogP contribution in [-0.2, 0) is 9.53 Å². The molecular formula is C26H28N4O4. The number of amides is 1. The predicted octanol–water partition coefficient (Wildman–Crippen LogP) is 1.11. The number of hydrogen-bond donors (Lipinski definition) is 5. The molecule has 34 heavy (non-hydrogen) atoms. The van der Waals surface area contributed by atoms with E-state index in [4.69, 9.17) is 10.5 Å². The van der Waals surface area contributed by atoms with Gasteiger partial charge in [-0.25, -0.2) is 0 Å². The molecule has 7 rings (SSSR count). The van der Waals surface area contributed by atoms with Gasteiger partial charge in [-0.3, -0.25) is 4.79 Å². The number of fused-ring (bicyclic) bond motifs is 9. The molecule has 8 heteroatoms. The number of para-hydroxylation sites is 2. The Morgan fingerprint density at radius 2 is 1.94 bits per heavy atom. The fourth-order valence-corrected chi connectivity index (χ4v) is 7.02. The maximum Gasteiger partial charge on any atom is 0.228 e. The van der Waals surface area contributed by atoms with Crippen molar-refractivity contribution in [3.05, 3.63) is 65.2 Å². The number of aliphatic hydroxyl groups is 2. The van der Waals surface area contributed by atoms with Gasteiger partial charge in [0.15, 0.2) is 5.79 Å². The molecule has 4 heterocycles. The van der Waals surface area contributed by atoms with Gasteiger partial charge in [0.05, 0.1) is 18.0 Å². The number of nitrogens with zero attached hydrogens (tertiary/aromatic N) is 1. The van der Waals surface area contributed by atoms with E-state index >= 15 is 0 Å². The van der Waals surface area contributed by atoms with Crippen LogP contribution in [0.2, 0.25) is 0 Å². The molecule has 0 bridgehead atoms. The van der Waals surface area contributed by atoms with E-state index in [1.807, 2.05) is 24.3 Å². The van der Waals surface area contributed by atoms with Crippen molar-refractivity contribution in [3.63, 3.8) is 0 Å². The molecule has 1 amide bonds. The maximum absolute atomic E-state index is 13.2. The van der Waals surface area contributed by atoms with Crippen LogP contribution in [0, 0.1) is 5.92 Å². The normalized spacial score (nSPS) is 39.6. The Kier molecular flexibility index (Phi) is 4.11. The van der Waals surface area contributed by atoms with Gasteiger partial charge in [-0.05, 0) is 35.8 Å². The maximum atomic E-state index is 13.2. The fraction of sp³-hybridized carbons (Fsp3) is 0.423. The van der Waals surface area contributed by atoms with Crippen LogP contribution >= 0.6 is 0 Å². The summed E-state index contributed by atoms with van der Waals surface area (Å²) in [6.45, 7) is 2.02. The zero-order chi connectivity index (χ0) is 23.4. The summed E-state index contributed by atoms with van der Waals surface area (Å²) >= 11 is 0. The molecule has 8 nitrogen and oxygen atoms in total. The number of carbonyl (C=O) groups is 1. The van der Waals surface area contributed by atoms with Crippen LogP contribution in [-0.4, -0.2) is 58.9 Å². The SMILES string of the molecule is CC1(O)O[C@@H](N2c3ccccc3C3C4C(=O)NCC4=C4c5ccccc5NC4C32)C[C@@H](N)[C@H]1O. The Balaban J connectivity index is 1.42. The quantitative estimate of drug-likeness (QED) is 0.432. The molecule has 5 unspecified atom stereocenters. The van der Waals surface area contributed by atoms with Crippen LogP contribution in [0.15, 0.2) is 54.1 Å². The van der Waals surface area contributed by atoms with Crippen LogP contribution in [0.1, 0.15) is 30.4 Å². The number of hydrogen-bond acceptors (Lipinski definition) is 7. The van der Waals surface area contributed by atoms with E-state index in [0.29, 0.717) is 13.0 Å². The molecule has 2 saturated heterocycles. The minimum Gasteiger partial charge on any atom is -0.386 e. The minimum absolute atomic E-state index is 0.0506. The smallest absolute Gasteiger partial charge is 0.228 e. The van der Waals surface area contributed by atoms with Crippen LogP contribution in [0.25, 0.3) is 5.57 Å². The molecule has 1 aliphatic carbocycles.